The van der Waals surface area contributed by atoms with Crippen LogP contribution in [0.25, 0.3) is 0 Å². The summed E-state index contributed by atoms with van der Waals surface area (Å²) >= 11 is 1.10. The number of pyridine rings is 1. The molecule has 0 aliphatic heterocycles. The number of aromatic nitrogens is 3. The second-order valence-corrected chi connectivity index (χ2v) is 8.75. The zero-order valence-corrected chi connectivity index (χ0v) is 18.3. The number of rotatable bonds is 6. The molecule has 156 valence electrons. The van der Waals surface area contributed by atoms with Gasteiger partial charge in [-0.2, -0.15) is 0 Å². The van der Waals surface area contributed by atoms with Gasteiger partial charge in [0.1, 0.15) is 6.04 Å². The summed E-state index contributed by atoms with van der Waals surface area (Å²) in [5, 5.41) is 8.52. The van der Waals surface area contributed by atoms with E-state index >= 15 is 0 Å². The molecule has 0 bridgehead atoms. The van der Waals surface area contributed by atoms with Crippen molar-refractivity contribution >= 4 is 23.3 Å². The number of hydrogen-bond donors (Lipinski definition) is 1. The molecule has 0 unspecified atom stereocenters. The molecule has 3 rings (SSSR count). The monoisotopic (exact) mass is 423 g/mol. The molecule has 8 heteroatoms. The molecule has 0 saturated carbocycles. The molecule has 7 nitrogen and oxygen atoms in total. The molecule has 0 aliphatic carbocycles. The van der Waals surface area contributed by atoms with E-state index in [2.05, 4.69) is 19.9 Å². The molecular formula is C22H25N5O2S. The lowest BCUT2D eigenvalue weighted by molar-refractivity contribution is -0.127. The Bertz CT molecular complexity index is 983. The zero-order chi connectivity index (χ0) is 21.7. The number of carbonyl (C=O) groups is 2. The maximum absolute atomic E-state index is 13.4. The van der Waals surface area contributed by atoms with Crippen molar-refractivity contribution in [3.8, 4) is 0 Å². The molecular weight excluding hydrogens is 398 g/mol. The van der Waals surface area contributed by atoms with Crippen LogP contribution >= 0.6 is 11.5 Å². The molecule has 0 aliphatic rings. The molecule has 2 aromatic heterocycles. The lowest BCUT2D eigenvalue weighted by Crippen LogP contribution is -2.49. The first-order valence-corrected chi connectivity index (χ1v) is 10.4. The molecule has 3 aromatic rings. The molecule has 2 heterocycles. The summed E-state index contributed by atoms with van der Waals surface area (Å²) in [6, 6.07) is 10.6. The van der Waals surface area contributed by atoms with Gasteiger partial charge in [-0.25, -0.2) is 0 Å². The maximum atomic E-state index is 13.4. The summed E-state index contributed by atoms with van der Waals surface area (Å²) in [4.78, 5) is 32.4. The topological polar surface area (TPSA) is 88.1 Å². The second-order valence-electron chi connectivity index (χ2n) is 8.14. The van der Waals surface area contributed by atoms with E-state index in [1.807, 2.05) is 52.0 Å². The molecule has 0 saturated heterocycles. The fraction of sp³-hybridized carbons (Fsp3) is 0.318. The van der Waals surface area contributed by atoms with Crippen LogP contribution in [-0.2, 0) is 11.3 Å². The van der Waals surface area contributed by atoms with Crippen LogP contribution in [0.3, 0.4) is 0 Å². The number of amides is 2. The van der Waals surface area contributed by atoms with Gasteiger partial charge < -0.3 is 10.2 Å². The number of hydrogen-bond acceptors (Lipinski definition) is 6. The average molecular weight is 424 g/mol. The molecule has 1 aromatic carbocycles. The fourth-order valence-corrected chi connectivity index (χ4v) is 3.45. The predicted molar refractivity (Wildman–Crippen MR) is 116 cm³/mol. The van der Waals surface area contributed by atoms with E-state index in [1.165, 1.54) is 4.90 Å². The molecule has 0 fully saturated rings. The van der Waals surface area contributed by atoms with Crippen molar-refractivity contribution in [2.24, 2.45) is 0 Å². The number of carbonyl (C=O) groups excluding carboxylic acids is 2. The maximum Gasteiger partial charge on any atom is 0.276 e. The van der Waals surface area contributed by atoms with Crippen molar-refractivity contribution in [1.29, 1.82) is 0 Å². The van der Waals surface area contributed by atoms with Crippen molar-refractivity contribution in [3.63, 3.8) is 0 Å². The highest BCUT2D eigenvalue weighted by atomic mass is 32.1. The van der Waals surface area contributed by atoms with Crippen LogP contribution in [0.15, 0.2) is 54.2 Å². The number of nitrogens with zero attached hydrogens (tertiary/aromatic N) is 4. The minimum absolute atomic E-state index is 0.213. The number of benzene rings is 1. The first-order chi connectivity index (χ1) is 14.2. The van der Waals surface area contributed by atoms with Crippen LogP contribution in [0.4, 0.5) is 0 Å². The summed E-state index contributed by atoms with van der Waals surface area (Å²) < 4.78 is 3.81. The van der Waals surface area contributed by atoms with E-state index in [-0.39, 0.29) is 24.1 Å². The van der Waals surface area contributed by atoms with Crippen molar-refractivity contribution in [2.75, 3.05) is 0 Å². The number of nitrogens with one attached hydrogen (secondary N) is 1. The van der Waals surface area contributed by atoms with Crippen LogP contribution in [0.1, 0.15) is 54.0 Å². The lowest BCUT2D eigenvalue weighted by Gasteiger charge is -2.33. The Balaban J connectivity index is 2.06. The Morgan fingerprint density at radius 3 is 2.47 bits per heavy atom. The lowest BCUT2D eigenvalue weighted by atomic mass is 10.0. The summed E-state index contributed by atoms with van der Waals surface area (Å²) in [5.74, 6) is -0.638. The van der Waals surface area contributed by atoms with Crippen LogP contribution in [-0.4, -0.2) is 36.8 Å². The van der Waals surface area contributed by atoms with Gasteiger partial charge in [0, 0.05) is 35.4 Å². The van der Waals surface area contributed by atoms with Crippen molar-refractivity contribution < 1.29 is 9.59 Å². The largest absolute Gasteiger partial charge is 0.349 e. The van der Waals surface area contributed by atoms with Gasteiger partial charge in [-0.05, 0) is 50.9 Å². The SMILES string of the molecule is Cc1ccc(CN(C(=O)c2csnn2)[C@@H](C(=O)NC(C)(C)C)c2cccnc2)cc1. The summed E-state index contributed by atoms with van der Waals surface area (Å²) in [6.07, 6.45) is 3.25. The van der Waals surface area contributed by atoms with E-state index in [0.717, 1.165) is 22.7 Å². The van der Waals surface area contributed by atoms with Crippen LogP contribution in [0.2, 0.25) is 0 Å². The van der Waals surface area contributed by atoms with Crippen LogP contribution < -0.4 is 5.32 Å². The minimum Gasteiger partial charge on any atom is -0.349 e. The zero-order valence-electron chi connectivity index (χ0n) is 17.5. The van der Waals surface area contributed by atoms with Gasteiger partial charge in [0.05, 0.1) is 0 Å². The van der Waals surface area contributed by atoms with E-state index in [1.54, 1.807) is 29.9 Å². The van der Waals surface area contributed by atoms with E-state index in [4.69, 9.17) is 0 Å². The van der Waals surface area contributed by atoms with Gasteiger partial charge in [-0.15, -0.1) is 5.10 Å². The third kappa shape index (κ3) is 5.48. The third-order valence-corrected chi connectivity index (χ3v) is 4.88. The average Bonchev–Trinajstić information content (AvgIpc) is 3.23. The standard InChI is InChI=1S/C22H25N5O2S/c1-15-7-9-16(10-8-15)13-27(21(29)18-14-30-26-25-18)19(17-6-5-11-23-12-17)20(28)24-22(2,3)4/h5-12,14,19H,13H2,1-4H3,(H,24,28)/t19-/m1/s1. The minimum atomic E-state index is -0.867. The van der Waals surface area contributed by atoms with Crippen molar-refractivity contribution in [1.82, 2.24) is 24.8 Å². The van der Waals surface area contributed by atoms with Gasteiger partial charge >= 0.3 is 0 Å². The number of aryl methyl sites for hydroxylation is 1. The van der Waals surface area contributed by atoms with Gasteiger partial charge in [-0.3, -0.25) is 14.6 Å². The summed E-state index contributed by atoms with van der Waals surface area (Å²) in [5.41, 5.74) is 2.41. The Labute approximate surface area is 180 Å². The predicted octanol–water partition coefficient (Wildman–Crippen LogP) is 3.54. The molecule has 1 atom stereocenters. The normalized spacial score (nSPS) is 12.3. The quantitative estimate of drug-likeness (QED) is 0.655. The Morgan fingerprint density at radius 2 is 1.90 bits per heavy atom. The van der Waals surface area contributed by atoms with E-state index in [0.29, 0.717) is 5.56 Å². The highest BCUT2D eigenvalue weighted by Gasteiger charge is 2.34. The van der Waals surface area contributed by atoms with Gasteiger partial charge in [0.2, 0.25) is 5.91 Å². The van der Waals surface area contributed by atoms with Crippen molar-refractivity contribution in [2.45, 2.75) is 45.8 Å². The Hall–Kier alpha value is -3.13. The molecule has 0 radical (unpaired) electrons. The Kier molecular flexibility index (Phi) is 6.56. The fourth-order valence-electron chi connectivity index (χ4n) is 3.02. The second kappa shape index (κ2) is 9.13. The van der Waals surface area contributed by atoms with Crippen LogP contribution in [0, 0.1) is 6.92 Å². The molecule has 0 spiro atoms. The third-order valence-electron chi connectivity index (χ3n) is 4.37. The highest BCUT2D eigenvalue weighted by molar-refractivity contribution is 7.03. The van der Waals surface area contributed by atoms with Gasteiger partial charge in [-0.1, -0.05) is 40.4 Å². The van der Waals surface area contributed by atoms with Gasteiger partial charge in [0.25, 0.3) is 5.91 Å². The highest BCUT2D eigenvalue weighted by Crippen LogP contribution is 2.26. The van der Waals surface area contributed by atoms with E-state index < -0.39 is 11.6 Å². The van der Waals surface area contributed by atoms with Crippen molar-refractivity contribution in [3.05, 3.63) is 76.6 Å². The smallest absolute Gasteiger partial charge is 0.276 e. The molecule has 1 N–H and O–H groups in total. The molecule has 30 heavy (non-hydrogen) atoms. The van der Waals surface area contributed by atoms with E-state index in [9.17, 15) is 9.59 Å². The van der Waals surface area contributed by atoms with Crippen LogP contribution in [0.5, 0.6) is 0 Å². The summed E-state index contributed by atoms with van der Waals surface area (Å²) in [7, 11) is 0. The molecule has 2 amide bonds. The Morgan fingerprint density at radius 1 is 1.17 bits per heavy atom. The first kappa shape index (κ1) is 21.6. The van der Waals surface area contributed by atoms with Gasteiger partial charge in [0.15, 0.2) is 5.69 Å². The first-order valence-electron chi connectivity index (χ1n) is 9.60. The summed E-state index contributed by atoms with van der Waals surface area (Å²) in [6.45, 7) is 7.96.